The molecule has 1 aromatic carbocycles. The molecule has 1 fully saturated rings. The number of hydrogen-bond donors (Lipinski definition) is 0. The summed E-state index contributed by atoms with van der Waals surface area (Å²) in [5.41, 5.74) is 3.88. The first-order chi connectivity index (χ1) is 10.3. The van der Waals surface area contributed by atoms with Crippen LogP contribution in [0.4, 0.5) is 0 Å². The van der Waals surface area contributed by atoms with Crippen LogP contribution in [0, 0.1) is 0 Å². The summed E-state index contributed by atoms with van der Waals surface area (Å²) in [6.07, 6.45) is 9.32. The predicted octanol–water partition coefficient (Wildman–Crippen LogP) is 3.85. The zero-order valence-corrected chi connectivity index (χ0v) is 12.1. The Balaban J connectivity index is 1.99. The molecule has 0 aliphatic heterocycles. The maximum absolute atomic E-state index is 12.5. The van der Waals surface area contributed by atoms with E-state index in [0.29, 0.717) is 0 Å². The normalized spacial score (nSPS) is 19.6. The molecule has 1 aromatic heterocycles. The Kier molecular flexibility index (Phi) is 2.95. The van der Waals surface area contributed by atoms with E-state index < -0.39 is 0 Å². The summed E-state index contributed by atoms with van der Waals surface area (Å²) in [5, 5.41) is 0. The molecular weight excluding hydrogens is 262 g/mol. The maximum atomic E-state index is 12.5. The van der Waals surface area contributed by atoms with Crippen LogP contribution in [0.1, 0.15) is 49.7 Å². The van der Waals surface area contributed by atoms with Gasteiger partial charge in [-0.2, -0.15) is 0 Å². The fourth-order valence-electron chi connectivity index (χ4n) is 4.21. The molecule has 108 valence electrons. The second kappa shape index (κ2) is 4.83. The molecule has 3 nitrogen and oxygen atoms in total. The number of nitrogens with zero attached hydrogens (tertiary/aromatic N) is 1. The highest BCUT2D eigenvalue weighted by Crippen LogP contribution is 2.47. The molecule has 0 N–H and O–H groups in total. The summed E-state index contributed by atoms with van der Waals surface area (Å²) >= 11 is 0. The van der Waals surface area contributed by atoms with E-state index >= 15 is 0 Å². The highest BCUT2D eigenvalue weighted by atomic mass is 16.4. The zero-order valence-electron chi connectivity index (χ0n) is 12.1. The minimum atomic E-state index is -0.184. The smallest absolute Gasteiger partial charge is 0.343 e. The molecule has 0 radical (unpaired) electrons. The third-order valence-electron chi connectivity index (χ3n) is 5.17. The first-order valence-corrected chi connectivity index (χ1v) is 7.87. The van der Waals surface area contributed by atoms with Crippen molar-refractivity contribution in [2.45, 2.75) is 50.4 Å². The zero-order chi connectivity index (χ0) is 14.3. The van der Waals surface area contributed by atoms with Gasteiger partial charge in [0.25, 0.3) is 0 Å². The van der Waals surface area contributed by atoms with Gasteiger partial charge >= 0.3 is 5.63 Å². The van der Waals surface area contributed by atoms with Crippen LogP contribution in [0.15, 0.2) is 39.9 Å². The van der Waals surface area contributed by atoms with E-state index in [1.165, 1.54) is 37.6 Å². The molecule has 2 aliphatic rings. The van der Waals surface area contributed by atoms with E-state index in [4.69, 9.17) is 4.42 Å². The molecule has 1 saturated carbocycles. The van der Waals surface area contributed by atoms with Crippen molar-refractivity contribution in [2.75, 3.05) is 0 Å². The van der Waals surface area contributed by atoms with Gasteiger partial charge in [-0.15, -0.1) is 0 Å². The van der Waals surface area contributed by atoms with Crippen molar-refractivity contribution < 1.29 is 4.42 Å². The molecule has 0 atom stereocenters. The van der Waals surface area contributed by atoms with Crippen molar-refractivity contribution in [3.05, 3.63) is 52.2 Å². The Hall–Kier alpha value is -1.90. The molecular formula is C18H19NO2. The van der Waals surface area contributed by atoms with E-state index in [0.717, 1.165) is 36.1 Å². The molecule has 4 rings (SSSR count). The third kappa shape index (κ3) is 1.95. The van der Waals surface area contributed by atoms with Gasteiger partial charge in [0.05, 0.1) is 11.3 Å². The lowest BCUT2D eigenvalue weighted by Gasteiger charge is -2.37. The maximum Gasteiger partial charge on any atom is 0.343 e. The largest absolute Gasteiger partial charge is 0.411 e. The number of benzene rings is 1. The molecule has 1 heterocycles. The molecule has 0 amide bonds. The van der Waals surface area contributed by atoms with Crippen molar-refractivity contribution in [2.24, 2.45) is 0 Å². The van der Waals surface area contributed by atoms with Crippen molar-refractivity contribution in [1.29, 1.82) is 0 Å². The molecule has 0 bridgehead atoms. The molecule has 2 aliphatic carbocycles. The molecule has 2 aromatic rings. The van der Waals surface area contributed by atoms with Crippen molar-refractivity contribution in [3.63, 3.8) is 0 Å². The van der Waals surface area contributed by atoms with Crippen LogP contribution in [-0.4, -0.2) is 4.98 Å². The summed E-state index contributed by atoms with van der Waals surface area (Å²) in [4.78, 5) is 16.9. The van der Waals surface area contributed by atoms with Gasteiger partial charge in [-0.25, -0.2) is 9.78 Å². The lowest BCUT2D eigenvalue weighted by Crippen LogP contribution is -2.37. The van der Waals surface area contributed by atoms with Gasteiger partial charge in [0.15, 0.2) is 6.39 Å². The van der Waals surface area contributed by atoms with E-state index in [-0.39, 0.29) is 11.0 Å². The molecule has 0 unspecified atom stereocenters. The Morgan fingerprint density at radius 1 is 1.05 bits per heavy atom. The minimum absolute atomic E-state index is 0.0605. The van der Waals surface area contributed by atoms with Crippen LogP contribution in [0.2, 0.25) is 0 Å². The average molecular weight is 281 g/mol. The average Bonchev–Trinajstić information content (AvgIpc) is 2.73. The fourth-order valence-corrected chi connectivity index (χ4v) is 4.21. The number of fused-ring (bicyclic) bond motifs is 4. The summed E-state index contributed by atoms with van der Waals surface area (Å²) < 4.78 is 5.14. The quantitative estimate of drug-likeness (QED) is 0.736. The Bertz CT molecular complexity index is 724. The van der Waals surface area contributed by atoms with Crippen LogP contribution in [0.25, 0.3) is 11.3 Å². The van der Waals surface area contributed by atoms with Crippen molar-refractivity contribution in [1.82, 2.24) is 4.98 Å². The summed E-state index contributed by atoms with van der Waals surface area (Å²) in [6.45, 7) is 0. The second-order valence-electron chi connectivity index (χ2n) is 6.39. The van der Waals surface area contributed by atoms with Crippen LogP contribution in [0.5, 0.6) is 0 Å². The van der Waals surface area contributed by atoms with Gasteiger partial charge in [0.1, 0.15) is 0 Å². The molecule has 1 spiro atoms. The lowest BCUT2D eigenvalue weighted by molar-refractivity contribution is 0.340. The van der Waals surface area contributed by atoms with Crippen LogP contribution in [0.3, 0.4) is 0 Å². The van der Waals surface area contributed by atoms with Crippen LogP contribution < -0.4 is 5.63 Å². The number of hydrogen-bond acceptors (Lipinski definition) is 3. The molecule has 3 heteroatoms. The van der Waals surface area contributed by atoms with Crippen molar-refractivity contribution >= 4 is 0 Å². The van der Waals surface area contributed by atoms with Gasteiger partial charge in [0.2, 0.25) is 0 Å². The SMILES string of the molecule is O=c1ocnc2c1C1(CCCCCC1)Cc1ccccc1-2. The van der Waals surface area contributed by atoms with E-state index in [1.807, 2.05) is 6.07 Å². The van der Waals surface area contributed by atoms with Gasteiger partial charge in [-0.05, 0) is 24.8 Å². The van der Waals surface area contributed by atoms with Gasteiger partial charge in [0, 0.05) is 11.0 Å². The Morgan fingerprint density at radius 2 is 1.81 bits per heavy atom. The van der Waals surface area contributed by atoms with Crippen LogP contribution in [-0.2, 0) is 11.8 Å². The topological polar surface area (TPSA) is 43.1 Å². The first-order valence-electron chi connectivity index (χ1n) is 7.87. The Morgan fingerprint density at radius 3 is 2.62 bits per heavy atom. The van der Waals surface area contributed by atoms with Gasteiger partial charge in [-0.1, -0.05) is 49.9 Å². The van der Waals surface area contributed by atoms with E-state index in [2.05, 4.69) is 23.2 Å². The number of aromatic nitrogens is 1. The Labute approximate surface area is 124 Å². The lowest BCUT2D eigenvalue weighted by atomic mass is 9.66. The highest BCUT2D eigenvalue weighted by molar-refractivity contribution is 5.71. The van der Waals surface area contributed by atoms with E-state index in [1.54, 1.807) is 0 Å². The standard InChI is InChI=1S/C18H19NO2/c20-17-15-16(19-12-21-17)14-8-4-3-7-13(14)11-18(15)9-5-1-2-6-10-18/h3-4,7-8,12H,1-2,5-6,9-11H2. The van der Waals surface area contributed by atoms with Gasteiger partial charge < -0.3 is 4.42 Å². The number of rotatable bonds is 0. The summed E-state index contributed by atoms with van der Waals surface area (Å²) in [7, 11) is 0. The highest BCUT2D eigenvalue weighted by Gasteiger charge is 2.42. The van der Waals surface area contributed by atoms with Crippen molar-refractivity contribution in [3.8, 4) is 11.3 Å². The minimum Gasteiger partial charge on any atom is -0.411 e. The summed E-state index contributed by atoms with van der Waals surface area (Å²) in [6, 6.07) is 8.36. The fraction of sp³-hybridized carbons (Fsp3) is 0.444. The van der Waals surface area contributed by atoms with Crippen LogP contribution >= 0.6 is 0 Å². The first kappa shape index (κ1) is 12.8. The summed E-state index contributed by atoms with van der Waals surface area (Å²) in [5.74, 6) is 0. The van der Waals surface area contributed by atoms with E-state index in [9.17, 15) is 4.79 Å². The third-order valence-corrected chi connectivity index (χ3v) is 5.17. The predicted molar refractivity (Wildman–Crippen MR) is 81.3 cm³/mol. The molecule has 21 heavy (non-hydrogen) atoms. The monoisotopic (exact) mass is 281 g/mol. The molecule has 0 saturated heterocycles. The van der Waals surface area contributed by atoms with Gasteiger partial charge in [-0.3, -0.25) is 0 Å². The second-order valence-corrected chi connectivity index (χ2v) is 6.39.